The number of aryl methyl sites for hydroxylation is 1. The molecule has 0 fully saturated rings. The highest BCUT2D eigenvalue weighted by Gasteiger charge is 2.19. The molecule has 2 aromatic carbocycles. The summed E-state index contributed by atoms with van der Waals surface area (Å²) in [6, 6.07) is 10.2. The Bertz CT molecular complexity index is 993. The number of benzene rings is 2. The van der Waals surface area contributed by atoms with Crippen molar-refractivity contribution in [3.63, 3.8) is 0 Å². The number of tetrazole rings is 1. The van der Waals surface area contributed by atoms with Crippen molar-refractivity contribution in [2.24, 2.45) is 0 Å². The largest absolute Gasteiger partial charge is 0.435 e. The van der Waals surface area contributed by atoms with Gasteiger partial charge in [0.2, 0.25) is 5.82 Å². The van der Waals surface area contributed by atoms with Crippen LogP contribution in [0, 0.1) is 6.92 Å². The van der Waals surface area contributed by atoms with Gasteiger partial charge in [0.05, 0.1) is 5.56 Å². The average molecular weight is 410 g/mol. The number of nitrogens with zero attached hydrogens (tertiary/aromatic N) is 4. The van der Waals surface area contributed by atoms with Gasteiger partial charge < -0.3 is 9.47 Å². The molecule has 0 saturated heterocycles. The lowest BCUT2D eigenvalue weighted by Crippen LogP contribution is -2.16. The quantitative estimate of drug-likeness (QED) is 0.416. The van der Waals surface area contributed by atoms with Crippen LogP contribution in [0.3, 0.4) is 0 Å². The van der Waals surface area contributed by atoms with Crippen molar-refractivity contribution in [2.75, 3.05) is 0 Å². The van der Waals surface area contributed by atoms with Crippen LogP contribution >= 0.6 is 0 Å². The van der Waals surface area contributed by atoms with Crippen LogP contribution in [0.4, 0.5) is 17.6 Å². The molecule has 0 radical (unpaired) electrons. The van der Waals surface area contributed by atoms with Gasteiger partial charge in [0.1, 0.15) is 18.0 Å². The highest BCUT2D eigenvalue weighted by molar-refractivity contribution is 5.98. The van der Waals surface area contributed by atoms with E-state index in [1.807, 2.05) is 19.1 Å². The predicted octanol–water partition coefficient (Wildman–Crippen LogP) is 3.73. The summed E-state index contributed by atoms with van der Waals surface area (Å²) in [5, 5.41) is 11.7. The van der Waals surface area contributed by atoms with Gasteiger partial charge in [-0.15, -0.1) is 10.2 Å². The smallest absolute Gasteiger partial charge is 0.387 e. The van der Waals surface area contributed by atoms with Gasteiger partial charge in [-0.1, -0.05) is 29.8 Å². The van der Waals surface area contributed by atoms with Crippen molar-refractivity contribution in [3.8, 4) is 22.9 Å². The number of carbonyl (C=O) groups excluding carboxylic acids is 1. The second kappa shape index (κ2) is 8.67. The zero-order valence-electron chi connectivity index (χ0n) is 14.9. The molecule has 11 heteroatoms. The number of carbonyl (C=O) groups is 1. The maximum Gasteiger partial charge on any atom is 0.387 e. The molecule has 0 aliphatic heterocycles. The summed E-state index contributed by atoms with van der Waals surface area (Å²) < 4.78 is 58.3. The van der Waals surface area contributed by atoms with Gasteiger partial charge in [-0.25, -0.2) is 0 Å². The van der Waals surface area contributed by atoms with E-state index in [1.54, 1.807) is 12.1 Å². The Hall–Kier alpha value is -3.50. The normalized spacial score (nSPS) is 11.1. The van der Waals surface area contributed by atoms with Crippen molar-refractivity contribution < 1.29 is 31.8 Å². The van der Waals surface area contributed by atoms with Gasteiger partial charge in [-0.2, -0.15) is 22.4 Å². The molecule has 0 amide bonds. The van der Waals surface area contributed by atoms with Gasteiger partial charge in [-0.05, 0) is 24.3 Å². The monoisotopic (exact) mass is 410 g/mol. The molecule has 0 unspecified atom stereocenters. The summed E-state index contributed by atoms with van der Waals surface area (Å²) in [5.74, 6) is -1.42. The van der Waals surface area contributed by atoms with Crippen molar-refractivity contribution >= 4 is 5.78 Å². The molecule has 1 aromatic heterocycles. The number of hydrogen-bond donors (Lipinski definition) is 0. The summed E-state index contributed by atoms with van der Waals surface area (Å²) in [4.78, 5) is 13.5. The number of ether oxygens (including phenoxy) is 2. The Labute approximate surface area is 161 Å². The SMILES string of the molecule is Cc1ccc(-c2nnn(CC(=O)c3ccc(OC(F)F)cc3OC(F)F)n2)cc1. The molecule has 0 spiro atoms. The molecule has 0 bridgehead atoms. The zero-order valence-corrected chi connectivity index (χ0v) is 14.9. The highest BCUT2D eigenvalue weighted by Crippen LogP contribution is 2.28. The third-order valence-electron chi connectivity index (χ3n) is 3.74. The molecule has 7 nitrogen and oxygen atoms in total. The Morgan fingerprint density at radius 2 is 1.72 bits per heavy atom. The van der Waals surface area contributed by atoms with E-state index in [9.17, 15) is 22.4 Å². The van der Waals surface area contributed by atoms with Gasteiger partial charge in [-0.3, -0.25) is 4.79 Å². The number of Topliss-reactive ketones (excluding diaryl/α,β-unsaturated/α-hetero) is 1. The van der Waals surface area contributed by atoms with Crippen LogP contribution < -0.4 is 9.47 Å². The van der Waals surface area contributed by atoms with E-state index in [1.165, 1.54) is 0 Å². The van der Waals surface area contributed by atoms with Crippen LogP contribution in [-0.4, -0.2) is 39.2 Å². The van der Waals surface area contributed by atoms with E-state index in [-0.39, 0.29) is 11.4 Å². The van der Waals surface area contributed by atoms with Crippen molar-refractivity contribution in [1.29, 1.82) is 0 Å². The van der Waals surface area contributed by atoms with Gasteiger partial charge in [0, 0.05) is 11.6 Å². The van der Waals surface area contributed by atoms with Crippen LogP contribution in [0.5, 0.6) is 11.5 Å². The molecule has 0 aliphatic rings. The molecule has 0 atom stereocenters. The molecule has 0 saturated carbocycles. The van der Waals surface area contributed by atoms with Crippen LogP contribution in [0.1, 0.15) is 15.9 Å². The van der Waals surface area contributed by atoms with Crippen molar-refractivity contribution in [1.82, 2.24) is 20.2 Å². The number of halogens is 4. The lowest BCUT2D eigenvalue weighted by Gasteiger charge is -2.12. The first kappa shape index (κ1) is 20.2. The average Bonchev–Trinajstić information content (AvgIpc) is 3.10. The summed E-state index contributed by atoms with van der Waals surface area (Å²) in [7, 11) is 0. The molecule has 152 valence electrons. The van der Waals surface area contributed by atoms with Gasteiger partial charge in [0.15, 0.2) is 5.78 Å². The molecule has 3 aromatic rings. The summed E-state index contributed by atoms with van der Waals surface area (Å²) in [6.45, 7) is -4.92. The minimum atomic E-state index is -3.26. The Morgan fingerprint density at radius 3 is 2.38 bits per heavy atom. The van der Waals surface area contributed by atoms with E-state index in [0.717, 1.165) is 28.6 Å². The van der Waals surface area contributed by atoms with E-state index >= 15 is 0 Å². The van der Waals surface area contributed by atoms with Crippen LogP contribution in [0.15, 0.2) is 42.5 Å². The van der Waals surface area contributed by atoms with Gasteiger partial charge in [0.25, 0.3) is 0 Å². The molecular formula is C18H14F4N4O3. The lowest BCUT2D eigenvalue weighted by molar-refractivity contribution is -0.0544. The Morgan fingerprint density at radius 1 is 1.03 bits per heavy atom. The fourth-order valence-electron chi connectivity index (χ4n) is 2.44. The van der Waals surface area contributed by atoms with E-state index < -0.39 is 37.1 Å². The van der Waals surface area contributed by atoms with Crippen LogP contribution in [0.25, 0.3) is 11.4 Å². The number of ketones is 1. The Balaban J connectivity index is 1.80. The fourth-order valence-corrected chi connectivity index (χ4v) is 2.44. The first-order valence-corrected chi connectivity index (χ1v) is 8.23. The third kappa shape index (κ3) is 5.27. The summed E-state index contributed by atoms with van der Waals surface area (Å²) in [6.07, 6.45) is 0. The number of aromatic nitrogens is 4. The lowest BCUT2D eigenvalue weighted by atomic mass is 10.1. The molecule has 0 aliphatic carbocycles. The van der Waals surface area contributed by atoms with Crippen molar-refractivity contribution in [3.05, 3.63) is 53.6 Å². The highest BCUT2D eigenvalue weighted by atomic mass is 19.3. The van der Waals surface area contributed by atoms with E-state index in [0.29, 0.717) is 5.56 Å². The first-order valence-electron chi connectivity index (χ1n) is 8.23. The topological polar surface area (TPSA) is 79.1 Å². The third-order valence-corrected chi connectivity index (χ3v) is 3.74. The number of alkyl halides is 4. The first-order chi connectivity index (χ1) is 13.8. The fraction of sp³-hybridized carbons (Fsp3) is 0.222. The second-order valence-corrected chi connectivity index (χ2v) is 5.85. The number of rotatable bonds is 8. The minimum Gasteiger partial charge on any atom is -0.435 e. The molecule has 0 N–H and O–H groups in total. The summed E-state index contributed by atoms with van der Waals surface area (Å²) in [5.41, 5.74) is 1.47. The predicted molar refractivity (Wildman–Crippen MR) is 92.0 cm³/mol. The van der Waals surface area contributed by atoms with Crippen molar-refractivity contribution in [2.45, 2.75) is 26.7 Å². The molecular weight excluding hydrogens is 396 g/mol. The zero-order chi connectivity index (χ0) is 21.0. The second-order valence-electron chi connectivity index (χ2n) is 5.85. The molecule has 1 heterocycles. The minimum absolute atomic E-state index is 0.263. The molecule has 3 rings (SSSR count). The van der Waals surface area contributed by atoms with Crippen LogP contribution in [-0.2, 0) is 6.54 Å². The number of hydrogen-bond acceptors (Lipinski definition) is 6. The standard InChI is InChI=1S/C18H14F4N4O3/c1-10-2-4-11(5-3-10)16-23-25-26(24-16)9-14(27)13-7-6-12(28-17(19)20)8-15(13)29-18(21)22/h2-8,17-18H,9H2,1H3. The maximum atomic E-state index is 12.6. The van der Waals surface area contributed by atoms with Gasteiger partial charge >= 0.3 is 13.2 Å². The van der Waals surface area contributed by atoms with E-state index in [2.05, 4.69) is 24.9 Å². The van der Waals surface area contributed by atoms with E-state index in [4.69, 9.17) is 0 Å². The summed E-state index contributed by atoms with van der Waals surface area (Å²) >= 11 is 0. The van der Waals surface area contributed by atoms with Crippen LogP contribution in [0.2, 0.25) is 0 Å². The maximum absolute atomic E-state index is 12.6. The molecule has 29 heavy (non-hydrogen) atoms. The Kier molecular flexibility index (Phi) is 6.05.